The summed E-state index contributed by atoms with van der Waals surface area (Å²) in [6.45, 7) is 1.56. The second kappa shape index (κ2) is 8.12. The number of methoxy groups -OCH3 is 1. The summed E-state index contributed by atoms with van der Waals surface area (Å²) in [7, 11) is 1.18. The number of esters is 1. The molecule has 0 radical (unpaired) electrons. The Balaban J connectivity index is 2.40. The molecule has 10 heteroatoms. The first-order valence-electron chi connectivity index (χ1n) is 7.26. The van der Waals surface area contributed by atoms with Gasteiger partial charge in [0.2, 0.25) is 5.84 Å². The third kappa shape index (κ3) is 3.98. The van der Waals surface area contributed by atoms with Crippen LogP contribution in [-0.4, -0.2) is 35.9 Å². The Bertz CT molecular complexity index is 876. The molecule has 0 saturated carbocycles. The molecule has 5 N–H and O–H groups in total. The van der Waals surface area contributed by atoms with Crippen LogP contribution in [0.4, 0.5) is 10.7 Å². The number of nitrogens with zero attached hydrogens (tertiary/aromatic N) is 1. The summed E-state index contributed by atoms with van der Waals surface area (Å²) in [5.74, 6) is -2.79. The van der Waals surface area contributed by atoms with Gasteiger partial charge in [0.1, 0.15) is 5.00 Å². The number of amides is 2. The first kappa shape index (κ1) is 18.9. The molecule has 0 spiro atoms. The molecular formula is C16H16N4O5S. The van der Waals surface area contributed by atoms with Gasteiger partial charge in [0.25, 0.3) is 11.8 Å². The molecule has 0 aliphatic rings. The number of anilines is 2. The molecule has 2 amide bonds. The number of nitrogens with one attached hydrogen (secondary N) is 2. The Hall–Kier alpha value is -3.40. The summed E-state index contributed by atoms with van der Waals surface area (Å²) < 4.78 is 4.71. The van der Waals surface area contributed by atoms with Crippen LogP contribution in [0.5, 0.6) is 0 Å². The van der Waals surface area contributed by atoms with Gasteiger partial charge in [-0.3, -0.25) is 9.59 Å². The van der Waals surface area contributed by atoms with Gasteiger partial charge in [-0.25, -0.2) is 4.79 Å². The Morgan fingerprint density at radius 3 is 2.42 bits per heavy atom. The quantitative estimate of drug-likeness (QED) is 0.211. The van der Waals surface area contributed by atoms with E-state index in [-0.39, 0.29) is 15.4 Å². The van der Waals surface area contributed by atoms with E-state index >= 15 is 0 Å². The second-order valence-electron chi connectivity index (χ2n) is 5.01. The lowest BCUT2D eigenvalue weighted by Gasteiger charge is -2.05. The molecule has 1 heterocycles. The van der Waals surface area contributed by atoms with Crippen LogP contribution in [0, 0.1) is 6.92 Å². The summed E-state index contributed by atoms with van der Waals surface area (Å²) in [6, 6.07) is 8.76. The summed E-state index contributed by atoms with van der Waals surface area (Å²) in [5.41, 5.74) is 6.16. The van der Waals surface area contributed by atoms with Gasteiger partial charge in [-0.15, -0.1) is 11.3 Å². The molecule has 0 fully saturated rings. The third-order valence-electron chi connectivity index (χ3n) is 3.34. The molecule has 1 aromatic carbocycles. The highest BCUT2D eigenvalue weighted by Crippen LogP contribution is 2.34. The number of rotatable bonds is 4. The van der Waals surface area contributed by atoms with Gasteiger partial charge >= 0.3 is 5.97 Å². The zero-order chi connectivity index (χ0) is 19.3. The molecule has 0 bridgehead atoms. The van der Waals surface area contributed by atoms with Crippen molar-refractivity contribution in [3.05, 3.63) is 46.3 Å². The maximum Gasteiger partial charge on any atom is 0.341 e. The molecule has 0 unspecified atom stereocenters. The second-order valence-corrected chi connectivity index (χ2v) is 6.03. The molecular weight excluding hydrogens is 360 g/mol. The minimum Gasteiger partial charge on any atom is -0.465 e. The number of ether oxygens (including phenoxy) is 1. The Labute approximate surface area is 152 Å². The highest BCUT2D eigenvalue weighted by atomic mass is 32.1. The number of carbonyl (C=O) groups is 3. The van der Waals surface area contributed by atoms with Crippen molar-refractivity contribution in [1.82, 2.24) is 0 Å². The number of para-hydroxylation sites is 1. The Morgan fingerprint density at radius 1 is 1.19 bits per heavy atom. The largest absolute Gasteiger partial charge is 0.465 e. The molecule has 0 aliphatic heterocycles. The van der Waals surface area contributed by atoms with Crippen LogP contribution in [0.25, 0.3) is 0 Å². The molecule has 2 rings (SSSR count). The predicted octanol–water partition coefficient (Wildman–Crippen LogP) is 1.78. The van der Waals surface area contributed by atoms with Crippen molar-refractivity contribution in [3.8, 4) is 0 Å². The van der Waals surface area contributed by atoms with Crippen LogP contribution in [-0.2, 0) is 9.53 Å². The van der Waals surface area contributed by atoms with Crippen molar-refractivity contribution in [1.29, 1.82) is 0 Å². The van der Waals surface area contributed by atoms with Crippen LogP contribution >= 0.6 is 11.3 Å². The maximum atomic E-state index is 12.5. The number of hydrogen-bond acceptors (Lipinski definition) is 7. The molecule has 1 aromatic heterocycles. The predicted molar refractivity (Wildman–Crippen MR) is 96.8 cm³/mol. The van der Waals surface area contributed by atoms with E-state index in [9.17, 15) is 14.4 Å². The number of carbonyl (C=O) groups excluding carboxylic acids is 3. The topological polar surface area (TPSA) is 143 Å². The van der Waals surface area contributed by atoms with Gasteiger partial charge in [0, 0.05) is 5.69 Å². The molecule has 9 nitrogen and oxygen atoms in total. The minimum absolute atomic E-state index is 0.0230. The molecule has 0 atom stereocenters. The average Bonchev–Trinajstić information content (AvgIpc) is 2.97. The summed E-state index contributed by atoms with van der Waals surface area (Å²) >= 11 is 0.876. The van der Waals surface area contributed by atoms with E-state index in [0.717, 1.165) is 11.3 Å². The smallest absolute Gasteiger partial charge is 0.341 e. The summed E-state index contributed by atoms with van der Waals surface area (Å²) in [5, 5.41) is 16.3. The Morgan fingerprint density at radius 2 is 1.85 bits per heavy atom. The van der Waals surface area contributed by atoms with E-state index in [2.05, 4.69) is 15.8 Å². The van der Waals surface area contributed by atoms with Gasteiger partial charge in [-0.1, -0.05) is 23.4 Å². The van der Waals surface area contributed by atoms with Gasteiger partial charge in [-0.2, -0.15) is 0 Å². The SMILES string of the molecule is COC(=O)c1c(NC(=O)/C(N)=N/O)sc(C(=O)Nc2ccccc2)c1C. The van der Waals surface area contributed by atoms with Crippen molar-refractivity contribution in [2.24, 2.45) is 10.9 Å². The first-order chi connectivity index (χ1) is 12.4. The zero-order valence-electron chi connectivity index (χ0n) is 13.9. The highest BCUT2D eigenvalue weighted by Gasteiger charge is 2.27. The van der Waals surface area contributed by atoms with Crippen molar-refractivity contribution in [2.75, 3.05) is 17.7 Å². The fourth-order valence-corrected chi connectivity index (χ4v) is 3.17. The number of thiophene rings is 1. The summed E-state index contributed by atoms with van der Waals surface area (Å²) in [4.78, 5) is 36.6. The van der Waals surface area contributed by atoms with E-state index in [0.29, 0.717) is 11.3 Å². The number of nitrogens with two attached hydrogens (primary N) is 1. The minimum atomic E-state index is -0.922. The van der Waals surface area contributed by atoms with E-state index in [1.807, 2.05) is 6.07 Å². The molecule has 0 saturated heterocycles. The molecule has 26 heavy (non-hydrogen) atoms. The van der Waals surface area contributed by atoms with Crippen LogP contribution in [0.3, 0.4) is 0 Å². The van der Waals surface area contributed by atoms with Gasteiger partial charge in [-0.05, 0) is 24.6 Å². The molecule has 136 valence electrons. The number of benzene rings is 1. The van der Waals surface area contributed by atoms with Crippen molar-refractivity contribution < 1.29 is 24.3 Å². The fraction of sp³-hybridized carbons (Fsp3) is 0.125. The van der Waals surface area contributed by atoms with Crippen LogP contribution < -0.4 is 16.4 Å². The van der Waals surface area contributed by atoms with Crippen LogP contribution in [0.15, 0.2) is 35.5 Å². The van der Waals surface area contributed by atoms with Gasteiger partial charge in [0.15, 0.2) is 0 Å². The first-order valence-corrected chi connectivity index (χ1v) is 8.07. The standard InChI is InChI=1S/C16H16N4O5S/c1-8-10(16(23)25-2)15(19-14(22)12(17)20-24)26-11(8)13(21)18-9-6-4-3-5-7-9/h3-7,24H,1-2H3,(H2,17,20)(H,18,21)(H,19,22). The zero-order valence-corrected chi connectivity index (χ0v) is 14.7. The van der Waals surface area contributed by atoms with Crippen LogP contribution in [0.2, 0.25) is 0 Å². The lowest BCUT2D eigenvalue weighted by atomic mass is 10.1. The number of oxime groups is 1. The lowest BCUT2D eigenvalue weighted by Crippen LogP contribution is -2.30. The van der Waals surface area contributed by atoms with E-state index in [4.69, 9.17) is 15.7 Å². The van der Waals surface area contributed by atoms with E-state index in [1.165, 1.54) is 7.11 Å². The molecule has 2 aromatic rings. The highest BCUT2D eigenvalue weighted by molar-refractivity contribution is 7.19. The number of hydrogen-bond donors (Lipinski definition) is 4. The fourth-order valence-electron chi connectivity index (χ4n) is 2.09. The van der Waals surface area contributed by atoms with E-state index < -0.39 is 23.6 Å². The van der Waals surface area contributed by atoms with Gasteiger partial charge < -0.3 is 26.3 Å². The average molecular weight is 376 g/mol. The monoisotopic (exact) mass is 376 g/mol. The van der Waals surface area contributed by atoms with Crippen LogP contribution in [0.1, 0.15) is 25.6 Å². The normalized spacial score (nSPS) is 10.9. The Kier molecular flexibility index (Phi) is 5.91. The number of amidine groups is 1. The maximum absolute atomic E-state index is 12.5. The molecule has 0 aliphatic carbocycles. The summed E-state index contributed by atoms with van der Waals surface area (Å²) in [6.07, 6.45) is 0. The van der Waals surface area contributed by atoms with Gasteiger partial charge in [0.05, 0.1) is 17.6 Å². The van der Waals surface area contributed by atoms with Crippen molar-refractivity contribution in [3.63, 3.8) is 0 Å². The third-order valence-corrected chi connectivity index (χ3v) is 4.55. The lowest BCUT2D eigenvalue weighted by molar-refractivity contribution is -0.110. The van der Waals surface area contributed by atoms with Crippen molar-refractivity contribution >= 4 is 45.6 Å². The van der Waals surface area contributed by atoms with E-state index in [1.54, 1.807) is 31.2 Å². The van der Waals surface area contributed by atoms with Crippen molar-refractivity contribution in [2.45, 2.75) is 6.92 Å².